The Balaban J connectivity index is 0.00000361. The van der Waals surface area contributed by atoms with E-state index < -0.39 is 18.1 Å². The average Bonchev–Trinajstić information content (AvgIpc) is 3.17. The number of aryl methyl sites for hydroxylation is 2. The number of nitrogens with one attached hydrogen (secondary N) is 1. The number of fused-ring (bicyclic) bond motifs is 1. The Morgan fingerprint density at radius 2 is 2.00 bits per heavy atom. The Kier molecular flexibility index (Phi) is 9.30. The highest BCUT2D eigenvalue weighted by molar-refractivity contribution is 5.85. The zero-order chi connectivity index (χ0) is 25.1. The van der Waals surface area contributed by atoms with Crippen molar-refractivity contribution in [2.75, 3.05) is 19.8 Å². The van der Waals surface area contributed by atoms with Gasteiger partial charge in [0.2, 0.25) is 0 Å². The quantitative estimate of drug-likeness (QED) is 0.398. The smallest absolute Gasteiger partial charge is 0.323 e. The summed E-state index contributed by atoms with van der Waals surface area (Å²) in [6, 6.07) is 7.04. The second kappa shape index (κ2) is 12.0. The van der Waals surface area contributed by atoms with Crippen LogP contribution >= 0.6 is 12.4 Å². The molecule has 36 heavy (non-hydrogen) atoms. The second-order valence-electron chi connectivity index (χ2n) is 9.51. The number of nitrogens with zero attached hydrogens (tertiary/aromatic N) is 3. The fraction of sp³-hybridized carbons (Fsp3) is 0.500. The van der Waals surface area contributed by atoms with E-state index in [2.05, 4.69) is 16.0 Å². The third-order valence-electron chi connectivity index (χ3n) is 6.74. The molecule has 0 amide bonds. The number of ether oxygens (including phenoxy) is 1. The molecule has 9 nitrogen and oxygen atoms in total. The fourth-order valence-corrected chi connectivity index (χ4v) is 4.76. The number of hydrogen-bond acceptors (Lipinski definition) is 6. The van der Waals surface area contributed by atoms with Gasteiger partial charge in [-0.3, -0.25) is 9.59 Å². The average molecular weight is 519 g/mol. The van der Waals surface area contributed by atoms with E-state index in [4.69, 9.17) is 9.72 Å². The Labute approximate surface area is 216 Å². The van der Waals surface area contributed by atoms with E-state index in [9.17, 15) is 19.8 Å². The van der Waals surface area contributed by atoms with E-state index in [-0.39, 0.29) is 18.0 Å². The third-order valence-corrected chi connectivity index (χ3v) is 6.74. The summed E-state index contributed by atoms with van der Waals surface area (Å²) in [5.41, 5.74) is 4.47. The highest BCUT2D eigenvalue weighted by Gasteiger charge is 2.23. The van der Waals surface area contributed by atoms with Crippen LogP contribution < -0.4 is 10.9 Å². The van der Waals surface area contributed by atoms with E-state index in [1.165, 1.54) is 6.92 Å². The second-order valence-corrected chi connectivity index (χ2v) is 9.51. The van der Waals surface area contributed by atoms with Crippen molar-refractivity contribution in [2.24, 2.45) is 13.0 Å². The number of carboxylic acid groups (broad SMARTS) is 1. The van der Waals surface area contributed by atoms with Crippen molar-refractivity contribution in [3.63, 3.8) is 0 Å². The monoisotopic (exact) mass is 518 g/mol. The van der Waals surface area contributed by atoms with Gasteiger partial charge in [0.25, 0.3) is 5.56 Å². The Morgan fingerprint density at radius 3 is 2.64 bits per heavy atom. The summed E-state index contributed by atoms with van der Waals surface area (Å²) in [6.45, 7) is 6.07. The van der Waals surface area contributed by atoms with Crippen LogP contribution in [0.3, 0.4) is 0 Å². The van der Waals surface area contributed by atoms with Gasteiger partial charge in [-0.1, -0.05) is 6.07 Å². The third kappa shape index (κ3) is 6.15. The predicted octanol–water partition coefficient (Wildman–Crippen LogP) is 2.52. The molecule has 1 aromatic carbocycles. The first-order valence-corrected chi connectivity index (χ1v) is 12.1. The number of benzene rings is 1. The van der Waals surface area contributed by atoms with Crippen molar-refractivity contribution in [1.29, 1.82) is 0 Å². The molecule has 0 radical (unpaired) electrons. The van der Waals surface area contributed by atoms with Gasteiger partial charge in [-0.15, -0.1) is 12.4 Å². The Hall–Kier alpha value is -2.72. The van der Waals surface area contributed by atoms with Crippen molar-refractivity contribution in [3.8, 4) is 11.4 Å². The lowest BCUT2D eigenvalue weighted by molar-refractivity contribution is -0.142. The normalized spacial score (nSPS) is 16.0. The van der Waals surface area contributed by atoms with Gasteiger partial charge in [-0.05, 0) is 62.8 Å². The van der Waals surface area contributed by atoms with Gasteiger partial charge in [-0.25, -0.2) is 4.98 Å². The number of rotatable bonds is 9. The van der Waals surface area contributed by atoms with Crippen molar-refractivity contribution in [3.05, 3.63) is 51.9 Å². The van der Waals surface area contributed by atoms with Crippen LogP contribution in [-0.4, -0.2) is 62.2 Å². The van der Waals surface area contributed by atoms with Gasteiger partial charge >= 0.3 is 5.97 Å². The number of carbonyl (C=O) groups is 1. The molecular weight excluding hydrogens is 484 g/mol. The maximum atomic E-state index is 12.3. The van der Waals surface area contributed by atoms with Gasteiger partial charge in [0.05, 0.1) is 17.1 Å². The molecule has 3 heterocycles. The number of hydrogen-bond donors (Lipinski definition) is 3. The Bertz CT molecular complexity index is 1240. The topological polar surface area (TPSA) is 119 Å². The predicted molar refractivity (Wildman–Crippen MR) is 141 cm³/mol. The number of imidazole rings is 1. The van der Waals surface area contributed by atoms with Crippen LogP contribution in [0.25, 0.3) is 22.4 Å². The number of carboxylic acids is 1. The first-order chi connectivity index (χ1) is 16.7. The van der Waals surface area contributed by atoms with Crippen LogP contribution in [0.2, 0.25) is 0 Å². The highest BCUT2D eigenvalue weighted by atomic mass is 35.5. The van der Waals surface area contributed by atoms with Gasteiger partial charge < -0.3 is 29.4 Å². The molecule has 10 heteroatoms. The maximum absolute atomic E-state index is 12.3. The number of halogens is 1. The van der Waals surface area contributed by atoms with Crippen molar-refractivity contribution in [2.45, 2.75) is 51.8 Å². The lowest BCUT2D eigenvalue weighted by Gasteiger charge is -2.23. The molecule has 2 atom stereocenters. The molecular formula is C26H35ClN4O5. The van der Waals surface area contributed by atoms with E-state index in [0.29, 0.717) is 24.4 Å². The molecule has 3 aromatic rings. The number of aliphatic hydroxyl groups is 1. The molecule has 0 aliphatic carbocycles. The van der Waals surface area contributed by atoms with Crippen molar-refractivity contribution >= 4 is 29.4 Å². The molecule has 4 rings (SSSR count). The summed E-state index contributed by atoms with van der Waals surface area (Å²) in [5, 5.41) is 21.8. The zero-order valence-corrected chi connectivity index (χ0v) is 21.8. The van der Waals surface area contributed by atoms with E-state index in [0.717, 1.165) is 60.6 Å². The molecule has 0 saturated carbocycles. The molecule has 0 bridgehead atoms. The lowest BCUT2D eigenvalue weighted by atomic mass is 10.00. The molecule has 2 unspecified atom stereocenters. The Morgan fingerprint density at radius 1 is 1.28 bits per heavy atom. The standard InChI is InChI=1S/C26H34N4O5.ClH/c1-16-12-20(15-29(3)25(16)32)24-28-21-13-18(6-9-27-23(17(2)31)26(33)34)4-5-22(21)30(24)14-19-7-10-35-11-8-19;/h4-5,12-13,15,17,19,23,27,31H,6-11,14H2,1-3H3,(H,33,34);1H. The maximum Gasteiger partial charge on any atom is 0.323 e. The zero-order valence-electron chi connectivity index (χ0n) is 20.9. The summed E-state index contributed by atoms with van der Waals surface area (Å²) in [7, 11) is 1.76. The van der Waals surface area contributed by atoms with Crippen LogP contribution in [0, 0.1) is 12.8 Å². The van der Waals surface area contributed by atoms with E-state index in [1.807, 2.05) is 31.3 Å². The molecule has 196 valence electrons. The lowest BCUT2D eigenvalue weighted by Crippen LogP contribution is -2.45. The SMILES string of the molecule is Cc1cc(-c2nc3cc(CCNC(C(=O)O)C(C)O)ccc3n2CC2CCOCC2)cn(C)c1=O.Cl. The summed E-state index contributed by atoms with van der Waals surface area (Å²) in [6.07, 6.45) is 3.47. The molecule has 1 fully saturated rings. The minimum absolute atomic E-state index is 0. The molecule has 0 spiro atoms. The van der Waals surface area contributed by atoms with Crippen LogP contribution in [0.1, 0.15) is 30.9 Å². The molecule has 2 aromatic heterocycles. The minimum atomic E-state index is -1.07. The van der Waals surface area contributed by atoms with Gasteiger partial charge in [0, 0.05) is 50.7 Å². The molecule has 1 aliphatic rings. The van der Waals surface area contributed by atoms with Gasteiger partial charge in [0.1, 0.15) is 11.9 Å². The first-order valence-electron chi connectivity index (χ1n) is 12.1. The summed E-state index contributed by atoms with van der Waals surface area (Å²) in [4.78, 5) is 28.6. The number of aliphatic carboxylic acids is 1. The van der Waals surface area contributed by atoms with Gasteiger partial charge in [-0.2, -0.15) is 0 Å². The van der Waals surface area contributed by atoms with Crippen LogP contribution in [0.4, 0.5) is 0 Å². The summed E-state index contributed by atoms with van der Waals surface area (Å²) >= 11 is 0. The summed E-state index contributed by atoms with van der Waals surface area (Å²) < 4.78 is 9.39. The number of aliphatic hydroxyl groups excluding tert-OH is 1. The number of aromatic nitrogens is 3. The van der Waals surface area contributed by atoms with Crippen molar-refractivity contribution in [1.82, 2.24) is 19.4 Å². The van der Waals surface area contributed by atoms with Crippen LogP contribution in [0.5, 0.6) is 0 Å². The van der Waals surface area contributed by atoms with Crippen LogP contribution in [-0.2, 0) is 29.5 Å². The minimum Gasteiger partial charge on any atom is -0.480 e. The fourth-order valence-electron chi connectivity index (χ4n) is 4.76. The molecule has 1 saturated heterocycles. The molecule has 3 N–H and O–H groups in total. The van der Waals surface area contributed by atoms with Crippen LogP contribution in [0.15, 0.2) is 35.3 Å². The van der Waals surface area contributed by atoms with Crippen molar-refractivity contribution < 1.29 is 19.7 Å². The van der Waals surface area contributed by atoms with E-state index in [1.54, 1.807) is 11.6 Å². The number of pyridine rings is 1. The largest absolute Gasteiger partial charge is 0.480 e. The highest BCUT2D eigenvalue weighted by Crippen LogP contribution is 2.29. The summed E-state index contributed by atoms with van der Waals surface area (Å²) in [5.74, 6) is 0.255. The molecule has 1 aliphatic heterocycles. The van der Waals surface area contributed by atoms with Gasteiger partial charge in [0.15, 0.2) is 0 Å². The first kappa shape index (κ1) is 27.9. The van der Waals surface area contributed by atoms with E-state index >= 15 is 0 Å².